The Labute approximate surface area is 132 Å². The molecule has 2 aromatic rings. The van der Waals surface area contributed by atoms with Gasteiger partial charge in [-0.05, 0) is 17.0 Å². The molecule has 1 heterocycles. The lowest BCUT2D eigenvalue weighted by molar-refractivity contribution is 0.579. The maximum Gasteiger partial charge on any atom is 0.0982 e. The molecule has 1 N–H and O–H groups in total. The maximum absolute atomic E-state index is 4.71. The summed E-state index contributed by atoms with van der Waals surface area (Å²) in [6.45, 7) is 12.8. The number of hydrogen-bond donors (Lipinski definition) is 1. The zero-order valence-corrected chi connectivity index (χ0v) is 14.6. The number of nitrogens with zero attached hydrogens (tertiary/aromatic N) is 1. The third kappa shape index (κ3) is 4.65. The van der Waals surface area contributed by atoms with E-state index in [1.807, 2.05) is 0 Å². The fraction of sp³-hybridized carbons (Fsp3) is 0.500. The van der Waals surface area contributed by atoms with Crippen molar-refractivity contribution in [1.82, 2.24) is 10.3 Å². The summed E-state index contributed by atoms with van der Waals surface area (Å²) in [6, 6.07) is 8.87. The van der Waals surface area contributed by atoms with Crippen LogP contribution < -0.4 is 5.32 Å². The van der Waals surface area contributed by atoms with Crippen LogP contribution >= 0.6 is 11.3 Å². The van der Waals surface area contributed by atoms with E-state index in [1.165, 1.54) is 16.1 Å². The highest BCUT2D eigenvalue weighted by Crippen LogP contribution is 2.25. The van der Waals surface area contributed by atoms with Gasteiger partial charge in [-0.15, -0.1) is 11.3 Å². The summed E-state index contributed by atoms with van der Waals surface area (Å²) in [5.74, 6) is 0.595. The van der Waals surface area contributed by atoms with Crippen LogP contribution in [-0.2, 0) is 18.5 Å². The molecule has 0 aliphatic heterocycles. The molecule has 114 valence electrons. The van der Waals surface area contributed by atoms with Crippen molar-refractivity contribution < 1.29 is 0 Å². The van der Waals surface area contributed by atoms with E-state index in [-0.39, 0.29) is 5.41 Å². The summed E-state index contributed by atoms with van der Waals surface area (Å²) < 4.78 is 0. The Morgan fingerprint density at radius 2 is 1.76 bits per heavy atom. The van der Waals surface area contributed by atoms with Gasteiger partial charge in [-0.1, -0.05) is 58.9 Å². The number of nitrogens with one attached hydrogen (secondary N) is 1. The first kappa shape index (κ1) is 16.2. The summed E-state index contributed by atoms with van der Waals surface area (Å²) in [4.78, 5) is 4.71. The first-order valence-electron chi connectivity index (χ1n) is 7.60. The van der Waals surface area contributed by atoms with Gasteiger partial charge in [-0.3, -0.25) is 0 Å². The number of hydrogen-bond acceptors (Lipinski definition) is 3. The molecule has 0 atom stereocenters. The molecule has 1 aromatic carbocycles. The lowest BCUT2D eigenvalue weighted by Crippen LogP contribution is -2.14. The molecule has 0 saturated heterocycles. The molecular formula is C18H26N2S. The van der Waals surface area contributed by atoms with E-state index in [2.05, 4.69) is 69.6 Å². The zero-order chi connectivity index (χ0) is 15.5. The van der Waals surface area contributed by atoms with Crippen molar-refractivity contribution in [1.29, 1.82) is 0 Å². The first-order chi connectivity index (χ1) is 9.86. The lowest BCUT2D eigenvalue weighted by Gasteiger charge is -2.13. The van der Waals surface area contributed by atoms with Crippen molar-refractivity contribution in [3.05, 3.63) is 51.5 Å². The predicted molar refractivity (Wildman–Crippen MR) is 91.9 cm³/mol. The normalized spacial score (nSPS) is 12.1. The average Bonchev–Trinajstić information content (AvgIpc) is 2.88. The smallest absolute Gasteiger partial charge is 0.0982 e. The Bertz CT molecular complexity index is 562. The van der Waals surface area contributed by atoms with E-state index < -0.39 is 0 Å². The first-order valence-corrected chi connectivity index (χ1v) is 8.48. The van der Waals surface area contributed by atoms with Gasteiger partial charge in [-0.25, -0.2) is 4.98 Å². The van der Waals surface area contributed by atoms with Crippen LogP contribution in [0.15, 0.2) is 29.6 Å². The van der Waals surface area contributed by atoms with Crippen LogP contribution in [0.3, 0.4) is 0 Å². The lowest BCUT2D eigenvalue weighted by atomic mass is 9.98. The standard InChI is InChI=1S/C18H26N2S/c1-13(2)15-8-6-14(7-9-15)10-19-11-16-12-21-17(20-16)18(3,4)5/h6-9,12-13,19H,10-11H2,1-5H3. The van der Waals surface area contributed by atoms with Crippen LogP contribution in [0.1, 0.15) is 62.4 Å². The zero-order valence-electron chi connectivity index (χ0n) is 13.7. The van der Waals surface area contributed by atoms with Gasteiger partial charge in [0.2, 0.25) is 0 Å². The Morgan fingerprint density at radius 1 is 1.10 bits per heavy atom. The average molecular weight is 302 g/mol. The van der Waals surface area contributed by atoms with Crippen LogP contribution in [0.25, 0.3) is 0 Å². The fourth-order valence-corrected chi connectivity index (χ4v) is 3.00. The highest BCUT2D eigenvalue weighted by atomic mass is 32.1. The van der Waals surface area contributed by atoms with Gasteiger partial charge in [0.15, 0.2) is 0 Å². The van der Waals surface area contributed by atoms with E-state index >= 15 is 0 Å². The minimum Gasteiger partial charge on any atom is -0.307 e. The molecular weight excluding hydrogens is 276 g/mol. The van der Waals surface area contributed by atoms with Crippen LogP contribution in [0.2, 0.25) is 0 Å². The summed E-state index contributed by atoms with van der Waals surface area (Å²) in [5.41, 5.74) is 4.01. The van der Waals surface area contributed by atoms with Gasteiger partial charge >= 0.3 is 0 Å². The molecule has 2 rings (SSSR count). The van der Waals surface area contributed by atoms with E-state index in [0.29, 0.717) is 5.92 Å². The Balaban J connectivity index is 1.85. The second kappa shape index (κ2) is 6.71. The molecule has 1 aromatic heterocycles. The van der Waals surface area contributed by atoms with Crippen molar-refractivity contribution >= 4 is 11.3 Å². The van der Waals surface area contributed by atoms with Gasteiger partial charge in [0.05, 0.1) is 10.7 Å². The third-order valence-electron chi connectivity index (χ3n) is 3.47. The van der Waals surface area contributed by atoms with Crippen molar-refractivity contribution in [3.8, 4) is 0 Å². The van der Waals surface area contributed by atoms with Crippen LogP contribution in [-0.4, -0.2) is 4.98 Å². The minimum absolute atomic E-state index is 0.148. The number of rotatable bonds is 5. The van der Waals surface area contributed by atoms with Crippen molar-refractivity contribution in [3.63, 3.8) is 0 Å². The summed E-state index contributed by atoms with van der Waals surface area (Å²) in [6.07, 6.45) is 0. The van der Waals surface area contributed by atoms with E-state index in [9.17, 15) is 0 Å². The van der Waals surface area contributed by atoms with Gasteiger partial charge < -0.3 is 5.32 Å². The van der Waals surface area contributed by atoms with E-state index in [4.69, 9.17) is 4.98 Å². The van der Waals surface area contributed by atoms with E-state index in [1.54, 1.807) is 11.3 Å². The highest BCUT2D eigenvalue weighted by Gasteiger charge is 2.17. The number of benzene rings is 1. The SMILES string of the molecule is CC(C)c1ccc(CNCc2csc(C(C)(C)C)n2)cc1. The largest absolute Gasteiger partial charge is 0.307 e. The highest BCUT2D eigenvalue weighted by molar-refractivity contribution is 7.09. The molecule has 0 radical (unpaired) electrons. The molecule has 2 nitrogen and oxygen atoms in total. The Kier molecular flexibility index (Phi) is 5.17. The fourth-order valence-electron chi connectivity index (χ4n) is 2.09. The molecule has 21 heavy (non-hydrogen) atoms. The second-order valence-electron chi connectivity index (χ2n) is 6.89. The minimum atomic E-state index is 0.148. The molecule has 0 unspecified atom stereocenters. The van der Waals surface area contributed by atoms with Crippen LogP contribution in [0.4, 0.5) is 0 Å². The molecule has 0 saturated carbocycles. The van der Waals surface area contributed by atoms with E-state index in [0.717, 1.165) is 18.8 Å². The Hall–Kier alpha value is -1.19. The third-order valence-corrected chi connectivity index (χ3v) is 4.79. The quantitative estimate of drug-likeness (QED) is 0.853. The van der Waals surface area contributed by atoms with Crippen molar-refractivity contribution in [2.45, 2.75) is 59.0 Å². The molecule has 0 bridgehead atoms. The summed E-state index contributed by atoms with van der Waals surface area (Å²) in [7, 11) is 0. The molecule has 0 fully saturated rings. The van der Waals surface area contributed by atoms with Gasteiger partial charge in [0.1, 0.15) is 0 Å². The van der Waals surface area contributed by atoms with Crippen LogP contribution in [0.5, 0.6) is 0 Å². The number of aromatic nitrogens is 1. The Morgan fingerprint density at radius 3 is 2.29 bits per heavy atom. The molecule has 0 spiro atoms. The summed E-state index contributed by atoms with van der Waals surface area (Å²) in [5, 5.41) is 6.85. The monoisotopic (exact) mass is 302 g/mol. The molecule has 0 amide bonds. The predicted octanol–water partition coefficient (Wildman–Crippen LogP) is 4.85. The van der Waals surface area contributed by atoms with Gasteiger partial charge in [0, 0.05) is 23.9 Å². The topological polar surface area (TPSA) is 24.9 Å². The van der Waals surface area contributed by atoms with Gasteiger partial charge in [-0.2, -0.15) is 0 Å². The van der Waals surface area contributed by atoms with Crippen molar-refractivity contribution in [2.24, 2.45) is 0 Å². The van der Waals surface area contributed by atoms with Gasteiger partial charge in [0.25, 0.3) is 0 Å². The van der Waals surface area contributed by atoms with Crippen molar-refractivity contribution in [2.75, 3.05) is 0 Å². The summed E-state index contributed by atoms with van der Waals surface area (Å²) >= 11 is 1.76. The maximum atomic E-state index is 4.71. The van der Waals surface area contributed by atoms with Crippen LogP contribution in [0, 0.1) is 0 Å². The molecule has 3 heteroatoms. The number of thiazole rings is 1. The second-order valence-corrected chi connectivity index (χ2v) is 7.75. The molecule has 0 aliphatic carbocycles. The molecule has 0 aliphatic rings.